The van der Waals surface area contributed by atoms with Crippen molar-refractivity contribution in [1.82, 2.24) is 14.5 Å². The normalized spacial score (nSPS) is 14.0. The third-order valence-electron chi connectivity index (χ3n) is 5.18. The molecule has 0 radical (unpaired) electrons. The van der Waals surface area contributed by atoms with Crippen LogP contribution in [0.1, 0.15) is 30.7 Å². The molecule has 1 aromatic carbocycles. The predicted octanol–water partition coefficient (Wildman–Crippen LogP) is 3.90. The molecule has 3 aromatic rings. The van der Waals surface area contributed by atoms with Gasteiger partial charge in [0.05, 0.1) is 22.9 Å². The van der Waals surface area contributed by atoms with E-state index < -0.39 is 0 Å². The molecular weight excluding hydrogens is 418 g/mol. The summed E-state index contributed by atoms with van der Waals surface area (Å²) in [5.74, 6) is 0.742. The van der Waals surface area contributed by atoms with Crippen LogP contribution >= 0.6 is 23.1 Å². The van der Waals surface area contributed by atoms with E-state index in [0.29, 0.717) is 11.8 Å². The Morgan fingerprint density at radius 1 is 1.30 bits per heavy atom. The maximum Gasteiger partial charge on any atom is 0.267 e. The van der Waals surface area contributed by atoms with E-state index in [1.165, 1.54) is 16.6 Å². The monoisotopic (exact) mass is 443 g/mol. The number of aryl methyl sites for hydroxylation is 2. The maximum absolute atomic E-state index is 13.7. The lowest BCUT2D eigenvalue weighted by molar-refractivity contribution is -0.127. The highest BCUT2D eigenvalue weighted by Crippen LogP contribution is 2.36. The third kappa shape index (κ3) is 3.74. The number of benzene rings is 1. The van der Waals surface area contributed by atoms with Crippen molar-refractivity contribution in [2.75, 3.05) is 20.7 Å². The average molecular weight is 444 g/mol. The van der Waals surface area contributed by atoms with Crippen LogP contribution in [-0.4, -0.2) is 46.3 Å². The maximum atomic E-state index is 13.7. The second kappa shape index (κ2) is 8.43. The van der Waals surface area contributed by atoms with E-state index in [2.05, 4.69) is 0 Å². The van der Waals surface area contributed by atoms with Crippen LogP contribution in [0, 0.1) is 0 Å². The largest absolute Gasteiger partial charge is 0.494 e. The average Bonchev–Trinajstić information content (AvgIpc) is 3.29. The molecule has 2 aromatic heterocycles. The topological polar surface area (TPSA) is 64.4 Å². The summed E-state index contributed by atoms with van der Waals surface area (Å²) in [6.07, 6.45) is 3.03. The van der Waals surface area contributed by atoms with E-state index in [0.717, 1.165) is 46.5 Å². The molecule has 0 spiro atoms. The summed E-state index contributed by atoms with van der Waals surface area (Å²) >= 11 is 2.94. The van der Waals surface area contributed by atoms with E-state index in [9.17, 15) is 9.59 Å². The fourth-order valence-corrected chi connectivity index (χ4v) is 6.14. The molecule has 1 amide bonds. The lowest BCUT2D eigenvalue weighted by Gasteiger charge is -2.18. The van der Waals surface area contributed by atoms with E-state index in [1.54, 1.807) is 34.9 Å². The number of thiophene rings is 1. The number of aromatic nitrogens is 2. The number of ether oxygens (including phenoxy) is 1. The molecule has 158 valence electrons. The quantitative estimate of drug-likeness (QED) is 0.427. The molecule has 6 nitrogen and oxygen atoms in total. The molecule has 1 atom stereocenters. The molecule has 0 N–H and O–H groups in total. The number of hydrogen-bond acceptors (Lipinski definition) is 6. The Bertz CT molecular complexity index is 1150. The number of rotatable bonds is 6. The number of hydrogen-bond donors (Lipinski definition) is 0. The minimum atomic E-state index is -0.356. The Labute approximate surface area is 183 Å². The first-order valence-corrected chi connectivity index (χ1v) is 11.8. The van der Waals surface area contributed by atoms with Crippen molar-refractivity contribution >= 4 is 39.2 Å². The summed E-state index contributed by atoms with van der Waals surface area (Å²) in [5.41, 5.74) is 1.82. The molecule has 1 aliphatic carbocycles. The van der Waals surface area contributed by atoms with Gasteiger partial charge < -0.3 is 9.64 Å². The molecule has 0 aliphatic heterocycles. The van der Waals surface area contributed by atoms with Crippen molar-refractivity contribution in [3.05, 3.63) is 45.1 Å². The van der Waals surface area contributed by atoms with Crippen LogP contribution in [0.2, 0.25) is 0 Å². The summed E-state index contributed by atoms with van der Waals surface area (Å²) in [6, 6.07) is 7.46. The molecule has 0 saturated carbocycles. The van der Waals surface area contributed by atoms with Gasteiger partial charge in [0.15, 0.2) is 5.16 Å². The Morgan fingerprint density at radius 3 is 2.70 bits per heavy atom. The number of nitrogens with zero attached hydrogens (tertiary/aromatic N) is 3. The summed E-state index contributed by atoms with van der Waals surface area (Å²) in [5, 5.41) is 0.918. The van der Waals surface area contributed by atoms with E-state index in [4.69, 9.17) is 9.72 Å². The van der Waals surface area contributed by atoms with Gasteiger partial charge in [-0.2, -0.15) is 0 Å². The van der Waals surface area contributed by atoms with Gasteiger partial charge >= 0.3 is 0 Å². The molecule has 1 aliphatic rings. The summed E-state index contributed by atoms with van der Waals surface area (Å²) in [7, 11) is 3.47. The van der Waals surface area contributed by atoms with E-state index >= 15 is 0 Å². The minimum absolute atomic E-state index is 0.0127. The smallest absolute Gasteiger partial charge is 0.267 e. The van der Waals surface area contributed by atoms with Crippen molar-refractivity contribution in [2.45, 2.75) is 43.5 Å². The van der Waals surface area contributed by atoms with Gasteiger partial charge in [-0.3, -0.25) is 14.2 Å². The fraction of sp³-hybridized carbons (Fsp3) is 0.409. The highest BCUT2D eigenvalue weighted by atomic mass is 32.2. The van der Waals surface area contributed by atoms with Crippen LogP contribution in [0.15, 0.2) is 34.2 Å². The van der Waals surface area contributed by atoms with Gasteiger partial charge in [-0.05, 0) is 62.9 Å². The molecule has 4 rings (SSSR count). The van der Waals surface area contributed by atoms with E-state index in [1.807, 2.05) is 38.1 Å². The SMILES string of the molecule is CCOc1ccc(-n2c(SC(C)C(=O)N(C)C)nc3sc4c(c3c2=O)CCC4)cc1. The van der Waals surface area contributed by atoms with Gasteiger partial charge in [0.25, 0.3) is 5.56 Å². The summed E-state index contributed by atoms with van der Waals surface area (Å²) < 4.78 is 7.19. The van der Waals surface area contributed by atoms with Crippen molar-refractivity contribution in [3.63, 3.8) is 0 Å². The first-order valence-electron chi connectivity index (χ1n) is 10.1. The molecule has 1 unspecified atom stereocenters. The first-order chi connectivity index (χ1) is 14.4. The molecule has 0 fully saturated rings. The second-order valence-electron chi connectivity index (χ2n) is 7.49. The van der Waals surface area contributed by atoms with Gasteiger partial charge in [-0.1, -0.05) is 11.8 Å². The lowest BCUT2D eigenvalue weighted by Crippen LogP contribution is -2.31. The van der Waals surface area contributed by atoms with Crippen molar-refractivity contribution in [1.29, 1.82) is 0 Å². The second-order valence-corrected chi connectivity index (χ2v) is 9.88. The third-order valence-corrected chi connectivity index (χ3v) is 7.41. The van der Waals surface area contributed by atoms with Crippen LogP contribution in [0.5, 0.6) is 5.75 Å². The number of amides is 1. The van der Waals surface area contributed by atoms with Gasteiger partial charge in [-0.15, -0.1) is 11.3 Å². The minimum Gasteiger partial charge on any atom is -0.494 e. The van der Waals surface area contributed by atoms with Crippen LogP contribution in [0.4, 0.5) is 0 Å². The van der Waals surface area contributed by atoms with Gasteiger partial charge in [-0.25, -0.2) is 4.98 Å². The highest BCUT2D eigenvalue weighted by molar-refractivity contribution is 8.00. The number of thioether (sulfide) groups is 1. The molecule has 0 saturated heterocycles. The first kappa shape index (κ1) is 20.9. The van der Waals surface area contributed by atoms with E-state index in [-0.39, 0.29) is 16.7 Å². The fourth-order valence-electron chi connectivity index (χ4n) is 3.76. The van der Waals surface area contributed by atoms with Crippen molar-refractivity contribution < 1.29 is 9.53 Å². The Hall–Kier alpha value is -2.32. The Kier molecular flexibility index (Phi) is 5.88. The molecular formula is C22H25N3O3S2. The van der Waals surface area contributed by atoms with Gasteiger partial charge in [0.2, 0.25) is 5.91 Å². The number of fused-ring (bicyclic) bond motifs is 3. The zero-order chi connectivity index (χ0) is 21.4. The Morgan fingerprint density at radius 2 is 2.03 bits per heavy atom. The highest BCUT2D eigenvalue weighted by Gasteiger charge is 2.26. The molecule has 0 bridgehead atoms. The molecule has 8 heteroatoms. The van der Waals surface area contributed by atoms with Crippen LogP contribution in [-0.2, 0) is 17.6 Å². The van der Waals surface area contributed by atoms with Crippen LogP contribution in [0.3, 0.4) is 0 Å². The standard InChI is InChI=1S/C22H25N3O3S2/c1-5-28-15-11-9-14(10-12-15)25-21(27)18-16-7-6-8-17(16)30-19(18)23-22(25)29-13(2)20(26)24(3)4/h9-13H,5-8H2,1-4H3. The number of carbonyl (C=O) groups is 1. The summed E-state index contributed by atoms with van der Waals surface area (Å²) in [4.78, 5) is 34.6. The van der Waals surface area contributed by atoms with Gasteiger partial charge in [0.1, 0.15) is 10.6 Å². The Balaban J connectivity index is 1.87. The number of carbonyl (C=O) groups excluding carboxylic acids is 1. The summed E-state index contributed by atoms with van der Waals surface area (Å²) in [6.45, 7) is 4.37. The van der Waals surface area contributed by atoms with Crippen molar-refractivity contribution in [2.24, 2.45) is 0 Å². The van der Waals surface area contributed by atoms with Crippen LogP contribution in [0.25, 0.3) is 15.9 Å². The molecule has 30 heavy (non-hydrogen) atoms. The van der Waals surface area contributed by atoms with Crippen LogP contribution < -0.4 is 10.3 Å². The van der Waals surface area contributed by atoms with Crippen molar-refractivity contribution in [3.8, 4) is 11.4 Å². The zero-order valence-electron chi connectivity index (χ0n) is 17.6. The van der Waals surface area contributed by atoms with Gasteiger partial charge in [0, 0.05) is 19.0 Å². The predicted molar refractivity (Wildman–Crippen MR) is 122 cm³/mol. The molecule has 2 heterocycles. The zero-order valence-corrected chi connectivity index (χ0v) is 19.2. The lowest BCUT2D eigenvalue weighted by atomic mass is 10.2.